The van der Waals surface area contributed by atoms with Gasteiger partial charge in [0.1, 0.15) is 5.82 Å². The zero-order valence-electron chi connectivity index (χ0n) is 10.7. The summed E-state index contributed by atoms with van der Waals surface area (Å²) in [6.45, 7) is 0. The van der Waals surface area contributed by atoms with E-state index < -0.39 is 0 Å². The third kappa shape index (κ3) is 2.61. The summed E-state index contributed by atoms with van der Waals surface area (Å²) in [5.74, 6) is -0.166. The molecule has 1 amide bonds. The number of aryl methyl sites for hydroxylation is 1. The summed E-state index contributed by atoms with van der Waals surface area (Å²) in [6.07, 6.45) is 1.29. The number of hydrogen-bond donors (Lipinski definition) is 1. The lowest BCUT2D eigenvalue weighted by Gasteiger charge is -2.19. The number of fused-ring (bicyclic) bond motifs is 1. The highest BCUT2D eigenvalue weighted by Gasteiger charge is 2.17. The second kappa shape index (κ2) is 5.37. The molecule has 1 atom stereocenters. The van der Waals surface area contributed by atoms with Gasteiger partial charge in [-0.1, -0.05) is 40.2 Å². The van der Waals surface area contributed by atoms with Crippen molar-refractivity contribution in [2.75, 3.05) is 5.32 Å². The van der Waals surface area contributed by atoms with Gasteiger partial charge in [-0.3, -0.25) is 4.79 Å². The summed E-state index contributed by atoms with van der Waals surface area (Å²) < 4.78 is 13.0. The van der Waals surface area contributed by atoms with Crippen LogP contribution in [0.4, 0.5) is 10.1 Å². The molecule has 0 saturated carbocycles. The van der Waals surface area contributed by atoms with Crippen molar-refractivity contribution in [1.82, 2.24) is 0 Å². The number of carbonyl (C=O) groups is 1. The lowest BCUT2D eigenvalue weighted by Crippen LogP contribution is -2.19. The average molecular weight is 334 g/mol. The van der Waals surface area contributed by atoms with E-state index in [0.29, 0.717) is 6.42 Å². The number of halogens is 2. The fraction of sp³-hybridized carbons (Fsp3) is 0.188. The number of nitrogens with one attached hydrogen (secondary N) is 1. The third-order valence-corrected chi connectivity index (χ3v) is 4.54. The molecule has 1 unspecified atom stereocenters. The maximum absolute atomic E-state index is 13.0. The Morgan fingerprint density at radius 1 is 1.05 bits per heavy atom. The first-order valence-corrected chi connectivity index (χ1v) is 7.37. The molecule has 0 bridgehead atoms. The molecule has 0 aliphatic carbocycles. The van der Waals surface area contributed by atoms with Gasteiger partial charge in [0.2, 0.25) is 5.91 Å². The van der Waals surface area contributed by atoms with Crippen LogP contribution in [-0.2, 0) is 11.2 Å². The standard InChI is InChI=1S/C16H13BrFNO/c17-16(10-1-5-13(18)6-2-10)12-3-7-14-11(9-12)4-8-15(20)19-14/h1-3,5-7,9,16H,4,8H2,(H,19,20). The molecule has 3 rings (SSSR count). The highest BCUT2D eigenvalue weighted by Crippen LogP contribution is 2.34. The van der Waals surface area contributed by atoms with Gasteiger partial charge in [0, 0.05) is 12.1 Å². The molecule has 1 heterocycles. The van der Waals surface area contributed by atoms with E-state index in [1.165, 1.54) is 12.1 Å². The molecule has 0 fully saturated rings. The molecular formula is C16H13BrFNO. The van der Waals surface area contributed by atoms with E-state index in [9.17, 15) is 9.18 Å². The molecular weight excluding hydrogens is 321 g/mol. The van der Waals surface area contributed by atoms with E-state index in [1.807, 2.05) is 12.1 Å². The van der Waals surface area contributed by atoms with E-state index in [-0.39, 0.29) is 16.6 Å². The maximum atomic E-state index is 13.0. The summed E-state index contributed by atoms with van der Waals surface area (Å²) >= 11 is 3.65. The van der Waals surface area contributed by atoms with Gasteiger partial charge >= 0.3 is 0 Å². The van der Waals surface area contributed by atoms with E-state index in [1.54, 1.807) is 12.1 Å². The molecule has 1 aliphatic heterocycles. The van der Waals surface area contributed by atoms with Crippen molar-refractivity contribution in [3.8, 4) is 0 Å². The Labute approximate surface area is 125 Å². The number of carbonyl (C=O) groups excluding carboxylic acids is 1. The fourth-order valence-electron chi connectivity index (χ4n) is 2.39. The molecule has 2 nitrogen and oxygen atoms in total. The molecule has 102 valence electrons. The lowest BCUT2D eigenvalue weighted by molar-refractivity contribution is -0.116. The van der Waals surface area contributed by atoms with Crippen molar-refractivity contribution in [3.05, 3.63) is 65.0 Å². The third-order valence-electron chi connectivity index (χ3n) is 3.48. The number of hydrogen-bond acceptors (Lipinski definition) is 1. The van der Waals surface area contributed by atoms with Gasteiger partial charge in [0.25, 0.3) is 0 Å². The normalized spacial score (nSPS) is 15.4. The van der Waals surface area contributed by atoms with Crippen LogP contribution in [0.3, 0.4) is 0 Å². The van der Waals surface area contributed by atoms with Crippen LogP contribution in [0, 0.1) is 5.82 Å². The van der Waals surface area contributed by atoms with Gasteiger partial charge in [0.05, 0.1) is 4.83 Å². The van der Waals surface area contributed by atoms with Crippen LogP contribution >= 0.6 is 15.9 Å². The summed E-state index contributed by atoms with van der Waals surface area (Å²) in [5, 5.41) is 2.87. The minimum Gasteiger partial charge on any atom is -0.326 e. The molecule has 2 aromatic carbocycles. The number of benzene rings is 2. The first-order valence-electron chi connectivity index (χ1n) is 6.46. The number of alkyl halides is 1. The molecule has 1 N–H and O–H groups in total. The van der Waals surface area contributed by atoms with Crippen LogP contribution in [-0.4, -0.2) is 5.91 Å². The Bertz CT molecular complexity index is 654. The summed E-state index contributed by atoms with van der Waals surface area (Å²) in [5.41, 5.74) is 4.15. The first kappa shape index (κ1) is 13.3. The monoisotopic (exact) mass is 333 g/mol. The quantitative estimate of drug-likeness (QED) is 0.820. The minimum absolute atomic E-state index is 0.0195. The van der Waals surface area contributed by atoms with Crippen molar-refractivity contribution in [2.24, 2.45) is 0 Å². The zero-order valence-corrected chi connectivity index (χ0v) is 12.3. The van der Waals surface area contributed by atoms with E-state index >= 15 is 0 Å². The highest BCUT2D eigenvalue weighted by molar-refractivity contribution is 9.09. The molecule has 0 saturated heterocycles. The molecule has 0 aromatic heterocycles. The molecule has 4 heteroatoms. The van der Waals surface area contributed by atoms with E-state index in [0.717, 1.165) is 28.8 Å². The first-order chi connectivity index (χ1) is 9.63. The van der Waals surface area contributed by atoms with Crippen LogP contribution in [0.2, 0.25) is 0 Å². The second-order valence-corrected chi connectivity index (χ2v) is 5.79. The van der Waals surface area contributed by atoms with Gasteiger partial charge in [-0.05, 0) is 41.3 Å². The van der Waals surface area contributed by atoms with Gasteiger partial charge in [0.15, 0.2) is 0 Å². The summed E-state index contributed by atoms with van der Waals surface area (Å²) in [4.78, 5) is 11.4. The van der Waals surface area contributed by atoms with Crippen LogP contribution < -0.4 is 5.32 Å². The largest absolute Gasteiger partial charge is 0.326 e. The Morgan fingerprint density at radius 2 is 1.75 bits per heavy atom. The Hall–Kier alpha value is -1.68. The number of amides is 1. The van der Waals surface area contributed by atoms with Gasteiger partial charge in [-0.15, -0.1) is 0 Å². The summed E-state index contributed by atoms with van der Waals surface area (Å²) in [7, 11) is 0. The molecule has 2 aromatic rings. The topological polar surface area (TPSA) is 29.1 Å². The Kier molecular flexibility index (Phi) is 3.57. The van der Waals surface area contributed by atoms with E-state index in [2.05, 4.69) is 27.3 Å². The predicted octanol–water partition coefficient (Wildman–Crippen LogP) is 4.19. The SMILES string of the molecule is O=C1CCc2cc(C(Br)c3ccc(F)cc3)ccc2N1. The number of rotatable bonds is 2. The molecule has 20 heavy (non-hydrogen) atoms. The van der Waals surface area contributed by atoms with Crippen LogP contribution in [0.1, 0.15) is 27.9 Å². The minimum atomic E-state index is -0.235. The second-order valence-electron chi connectivity index (χ2n) is 4.88. The van der Waals surface area contributed by atoms with Gasteiger partial charge < -0.3 is 5.32 Å². The molecule has 0 radical (unpaired) electrons. The van der Waals surface area contributed by atoms with Crippen molar-refractivity contribution in [2.45, 2.75) is 17.7 Å². The highest BCUT2D eigenvalue weighted by atomic mass is 79.9. The van der Waals surface area contributed by atoms with Crippen LogP contribution in [0.15, 0.2) is 42.5 Å². The zero-order chi connectivity index (χ0) is 14.1. The maximum Gasteiger partial charge on any atom is 0.224 e. The predicted molar refractivity (Wildman–Crippen MR) is 80.6 cm³/mol. The van der Waals surface area contributed by atoms with Crippen molar-refractivity contribution >= 4 is 27.5 Å². The fourth-order valence-corrected chi connectivity index (χ4v) is 2.98. The Balaban J connectivity index is 1.90. The van der Waals surface area contributed by atoms with Crippen molar-refractivity contribution in [1.29, 1.82) is 0 Å². The van der Waals surface area contributed by atoms with E-state index in [4.69, 9.17) is 0 Å². The average Bonchev–Trinajstić information content (AvgIpc) is 2.47. The smallest absolute Gasteiger partial charge is 0.224 e. The van der Waals surface area contributed by atoms with Crippen molar-refractivity contribution in [3.63, 3.8) is 0 Å². The van der Waals surface area contributed by atoms with Crippen molar-refractivity contribution < 1.29 is 9.18 Å². The van der Waals surface area contributed by atoms with Gasteiger partial charge in [-0.2, -0.15) is 0 Å². The summed E-state index contributed by atoms with van der Waals surface area (Å²) in [6, 6.07) is 12.5. The Morgan fingerprint density at radius 3 is 2.50 bits per heavy atom. The number of anilines is 1. The molecule has 0 spiro atoms. The molecule has 1 aliphatic rings. The van der Waals surface area contributed by atoms with Crippen LogP contribution in [0.5, 0.6) is 0 Å². The lowest BCUT2D eigenvalue weighted by atomic mass is 9.97. The van der Waals surface area contributed by atoms with Gasteiger partial charge in [-0.25, -0.2) is 4.39 Å². The van der Waals surface area contributed by atoms with Crippen LogP contribution in [0.25, 0.3) is 0 Å².